The van der Waals surface area contributed by atoms with Crippen molar-refractivity contribution >= 4 is 50.9 Å². The number of ether oxygens (including phenoxy) is 2. The second-order valence-electron chi connectivity index (χ2n) is 11.5. The number of aliphatic hydroxyl groups is 1. The molecule has 0 bridgehead atoms. The normalized spacial score (nSPS) is 17.0. The van der Waals surface area contributed by atoms with Gasteiger partial charge in [-0.25, -0.2) is 4.99 Å². The van der Waals surface area contributed by atoms with Crippen LogP contribution in [0.5, 0.6) is 5.75 Å². The van der Waals surface area contributed by atoms with Gasteiger partial charge in [-0.2, -0.15) is 0 Å². The summed E-state index contributed by atoms with van der Waals surface area (Å²) in [5.74, 6) is 0.706. The molecule has 5 aromatic carbocycles. The van der Waals surface area contributed by atoms with Crippen molar-refractivity contribution in [3.8, 4) is 16.9 Å². The van der Waals surface area contributed by atoms with Crippen molar-refractivity contribution in [3.63, 3.8) is 0 Å². The van der Waals surface area contributed by atoms with Gasteiger partial charge in [0.2, 0.25) is 5.90 Å². The molecule has 5 aromatic rings. The molecule has 244 valence electrons. The summed E-state index contributed by atoms with van der Waals surface area (Å²) >= 11 is 16.3. The number of carbonyl (C=O) groups is 1. The summed E-state index contributed by atoms with van der Waals surface area (Å²) < 4.78 is 13.3. The third-order valence-electron chi connectivity index (χ3n) is 8.22. The first kappa shape index (κ1) is 33.7. The Labute approximate surface area is 298 Å². The lowest BCUT2D eigenvalue weighted by molar-refractivity contribution is -0.129. The zero-order valence-corrected chi connectivity index (χ0v) is 29.0. The molecule has 0 radical (unpaired) electrons. The van der Waals surface area contributed by atoms with Crippen LogP contribution in [0, 0.1) is 0 Å². The van der Waals surface area contributed by atoms with Gasteiger partial charge >= 0.3 is 0 Å². The standard InChI is InChI=1S/C39H33BrCl2N2O4/c40-34-10-5-4-9-30(34)24-39(38(46)43-25-31-15-18-32(41)23-35(31)42)36(28-13-11-27(12-14-28)26-7-2-1-3-8-26)48-37(44-39)29-16-19-33(20-17-29)47-22-6-21-45/h1-5,7-20,23,36,45H,6,21-22,24-25H2,(H,43,46)/t36-,39-/m1/s1. The largest absolute Gasteiger partial charge is 0.494 e. The Morgan fingerprint density at radius 1 is 0.854 bits per heavy atom. The molecule has 0 aromatic heterocycles. The zero-order valence-electron chi connectivity index (χ0n) is 25.9. The number of benzene rings is 5. The fraction of sp³-hybridized carbons (Fsp3) is 0.179. The monoisotopic (exact) mass is 742 g/mol. The summed E-state index contributed by atoms with van der Waals surface area (Å²) in [6, 6.07) is 38.6. The van der Waals surface area contributed by atoms with Gasteiger partial charge in [-0.3, -0.25) is 4.79 Å². The summed E-state index contributed by atoms with van der Waals surface area (Å²) in [6.07, 6.45) is 0.0347. The second kappa shape index (κ2) is 15.4. The Balaban J connectivity index is 1.42. The Kier molecular flexibility index (Phi) is 10.8. The number of carbonyl (C=O) groups excluding carboxylic acids is 1. The molecule has 0 spiro atoms. The molecule has 0 fully saturated rings. The van der Waals surface area contributed by atoms with Gasteiger partial charge in [0.1, 0.15) is 5.75 Å². The van der Waals surface area contributed by atoms with E-state index in [1.165, 1.54) is 0 Å². The molecule has 2 N–H and O–H groups in total. The quantitative estimate of drug-likeness (QED) is 0.125. The van der Waals surface area contributed by atoms with Crippen LogP contribution in [0.15, 0.2) is 131 Å². The lowest BCUT2D eigenvalue weighted by Crippen LogP contribution is -2.49. The Hall–Kier alpha value is -4.14. The number of aliphatic imine (C=N–C) groups is 1. The maximum Gasteiger partial charge on any atom is 0.252 e. The van der Waals surface area contributed by atoms with Crippen LogP contribution in [0.1, 0.15) is 34.8 Å². The minimum atomic E-state index is -1.39. The third-order valence-corrected chi connectivity index (χ3v) is 9.58. The number of hydrogen-bond donors (Lipinski definition) is 2. The molecule has 1 amide bonds. The molecular formula is C39H33BrCl2N2O4. The highest BCUT2D eigenvalue weighted by atomic mass is 79.9. The Morgan fingerprint density at radius 3 is 2.25 bits per heavy atom. The summed E-state index contributed by atoms with van der Waals surface area (Å²) in [5, 5.41) is 13.2. The smallest absolute Gasteiger partial charge is 0.252 e. The van der Waals surface area contributed by atoms with Crippen LogP contribution < -0.4 is 10.1 Å². The highest BCUT2D eigenvalue weighted by molar-refractivity contribution is 9.10. The molecule has 0 saturated heterocycles. The maximum absolute atomic E-state index is 14.7. The van der Waals surface area contributed by atoms with Crippen molar-refractivity contribution in [1.82, 2.24) is 5.32 Å². The van der Waals surface area contributed by atoms with Gasteiger partial charge in [0.25, 0.3) is 5.91 Å². The minimum Gasteiger partial charge on any atom is -0.494 e. The van der Waals surface area contributed by atoms with Crippen LogP contribution in [0.25, 0.3) is 11.1 Å². The first-order valence-corrected chi connectivity index (χ1v) is 17.1. The van der Waals surface area contributed by atoms with E-state index in [1.807, 2.05) is 91.0 Å². The average molecular weight is 745 g/mol. The Bertz CT molecular complexity index is 1900. The highest BCUT2D eigenvalue weighted by Crippen LogP contribution is 2.44. The van der Waals surface area contributed by atoms with E-state index in [9.17, 15) is 4.79 Å². The van der Waals surface area contributed by atoms with Crippen LogP contribution in [-0.2, 0) is 22.5 Å². The number of hydrogen-bond acceptors (Lipinski definition) is 5. The Morgan fingerprint density at radius 2 is 1.54 bits per heavy atom. The average Bonchev–Trinajstić information content (AvgIpc) is 3.50. The van der Waals surface area contributed by atoms with Crippen LogP contribution in [0.2, 0.25) is 10.0 Å². The van der Waals surface area contributed by atoms with E-state index in [2.05, 4.69) is 33.4 Å². The summed E-state index contributed by atoms with van der Waals surface area (Å²) in [7, 11) is 0. The third kappa shape index (κ3) is 7.61. The fourth-order valence-electron chi connectivity index (χ4n) is 5.69. The van der Waals surface area contributed by atoms with Crippen molar-refractivity contribution in [3.05, 3.63) is 158 Å². The molecule has 48 heavy (non-hydrogen) atoms. The van der Waals surface area contributed by atoms with Crippen LogP contribution in [0.4, 0.5) is 0 Å². The highest BCUT2D eigenvalue weighted by Gasteiger charge is 2.53. The minimum absolute atomic E-state index is 0.0579. The lowest BCUT2D eigenvalue weighted by Gasteiger charge is -2.31. The first-order valence-electron chi connectivity index (χ1n) is 15.6. The van der Waals surface area contributed by atoms with E-state index < -0.39 is 11.6 Å². The predicted octanol–water partition coefficient (Wildman–Crippen LogP) is 9.00. The molecule has 0 aliphatic carbocycles. The number of nitrogens with one attached hydrogen (secondary N) is 1. The molecule has 1 aliphatic heterocycles. The van der Waals surface area contributed by atoms with E-state index >= 15 is 0 Å². The van der Waals surface area contributed by atoms with Crippen LogP contribution in [-0.4, -0.2) is 35.7 Å². The molecule has 0 saturated carbocycles. The summed E-state index contributed by atoms with van der Waals surface area (Å²) in [4.78, 5) is 19.8. The van der Waals surface area contributed by atoms with Crippen LogP contribution >= 0.6 is 39.1 Å². The summed E-state index contributed by atoms with van der Waals surface area (Å²) in [6.45, 7) is 0.639. The number of aliphatic hydroxyl groups excluding tert-OH is 1. The van der Waals surface area contributed by atoms with Crippen molar-refractivity contribution in [1.29, 1.82) is 0 Å². The van der Waals surface area contributed by atoms with Crippen molar-refractivity contribution in [2.75, 3.05) is 13.2 Å². The second-order valence-corrected chi connectivity index (χ2v) is 13.2. The summed E-state index contributed by atoms with van der Waals surface area (Å²) in [5.41, 5.74) is 3.91. The van der Waals surface area contributed by atoms with Gasteiger partial charge < -0.3 is 19.9 Å². The van der Waals surface area contributed by atoms with Crippen molar-refractivity contribution in [2.24, 2.45) is 4.99 Å². The van der Waals surface area contributed by atoms with E-state index in [-0.39, 0.29) is 25.5 Å². The molecule has 1 heterocycles. The SMILES string of the molecule is O=C(NCc1ccc(Cl)cc1Cl)[C@]1(Cc2ccccc2Br)N=C(c2ccc(OCCCO)cc2)O[C@@H]1c1ccc(-c2ccccc2)cc1. The maximum atomic E-state index is 14.7. The molecule has 9 heteroatoms. The van der Waals surface area contributed by atoms with E-state index in [4.69, 9.17) is 42.8 Å². The zero-order chi connectivity index (χ0) is 33.5. The fourth-order valence-corrected chi connectivity index (χ4v) is 6.59. The molecule has 2 atom stereocenters. The molecule has 0 unspecified atom stereocenters. The van der Waals surface area contributed by atoms with Gasteiger partial charge in [0.05, 0.1) is 6.61 Å². The van der Waals surface area contributed by atoms with E-state index in [0.29, 0.717) is 40.3 Å². The van der Waals surface area contributed by atoms with Gasteiger partial charge in [-0.1, -0.05) is 118 Å². The number of amides is 1. The first-order chi connectivity index (χ1) is 23.4. The predicted molar refractivity (Wildman–Crippen MR) is 195 cm³/mol. The molecular weight excluding hydrogens is 711 g/mol. The molecule has 6 rings (SSSR count). The van der Waals surface area contributed by atoms with Gasteiger partial charge in [0.15, 0.2) is 11.6 Å². The van der Waals surface area contributed by atoms with Crippen LogP contribution in [0.3, 0.4) is 0 Å². The van der Waals surface area contributed by atoms with E-state index in [1.54, 1.807) is 18.2 Å². The topological polar surface area (TPSA) is 80.2 Å². The van der Waals surface area contributed by atoms with Gasteiger partial charge in [-0.15, -0.1) is 0 Å². The number of nitrogens with zero attached hydrogens (tertiary/aromatic N) is 1. The number of halogens is 3. The molecule has 6 nitrogen and oxygen atoms in total. The van der Waals surface area contributed by atoms with Gasteiger partial charge in [0, 0.05) is 46.1 Å². The lowest BCUT2D eigenvalue weighted by atomic mass is 9.81. The van der Waals surface area contributed by atoms with Gasteiger partial charge in [-0.05, 0) is 70.3 Å². The molecule has 1 aliphatic rings. The van der Waals surface area contributed by atoms with Crippen molar-refractivity contribution in [2.45, 2.75) is 31.0 Å². The number of rotatable bonds is 12. The van der Waals surface area contributed by atoms with E-state index in [0.717, 1.165) is 32.3 Å². The van der Waals surface area contributed by atoms with Crippen molar-refractivity contribution < 1.29 is 19.4 Å².